The van der Waals surface area contributed by atoms with Crippen LogP contribution in [0.15, 0.2) is 71.4 Å². The fourth-order valence-electron chi connectivity index (χ4n) is 2.58. The number of thioether (sulfide) groups is 1. The van der Waals surface area contributed by atoms with Crippen LogP contribution in [-0.2, 0) is 20.9 Å². The summed E-state index contributed by atoms with van der Waals surface area (Å²) in [7, 11) is 0. The Bertz CT molecular complexity index is 864. The van der Waals surface area contributed by atoms with E-state index in [0.29, 0.717) is 24.0 Å². The normalized spacial score (nSPS) is 15.1. The third-order valence-corrected chi connectivity index (χ3v) is 4.77. The van der Waals surface area contributed by atoms with E-state index in [1.54, 1.807) is 17.9 Å². The first kappa shape index (κ1) is 18.9. The molecule has 138 valence electrons. The highest BCUT2D eigenvalue weighted by atomic mass is 32.2. The number of amides is 1. The third kappa shape index (κ3) is 5.08. The summed E-state index contributed by atoms with van der Waals surface area (Å²) >= 11 is 1.22. The molecule has 1 aliphatic heterocycles. The van der Waals surface area contributed by atoms with Crippen LogP contribution >= 0.6 is 11.8 Å². The zero-order valence-electron chi connectivity index (χ0n) is 15.0. The lowest BCUT2D eigenvalue weighted by molar-refractivity contribution is -0.139. The molecule has 2 aromatic carbocycles. The maximum atomic E-state index is 12.9. The fourth-order valence-corrected chi connectivity index (χ4v) is 3.38. The van der Waals surface area contributed by atoms with Crippen molar-refractivity contribution >= 4 is 34.9 Å². The van der Waals surface area contributed by atoms with E-state index in [9.17, 15) is 9.59 Å². The molecule has 0 N–H and O–H groups in total. The van der Waals surface area contributed by atoms with E-state index < -0.39 is 0 Å². The Labute approximate surface area is 162 Å². The Kier molecular flexibility index (Phi) is 6.44. The van der Waals surface area contributed by atoms with Crippen LogP contribution in [0.4, 0.5) is 0 Å². The number of aliphatic imine (C=N–C) groups is 1. The van der Waals surface area contributed by atoms with Crippen molar-refractivity contribution in [3.63, 3.8) is 0 Å². The van der Waals surface area contributed by atoms with Gasteiger partial charge in [0.15, 0.2) is 5.17 Å². The van der Waals surface area contributed by atoms with Crippen LogP contribution in [0, 0.1) is 0 Å². The van der Waals surface area contributed by atoms with Gasteiger partial charge in [-0.1, -0.05) is 72.4 Å². The molecule has 0 bridgehead atoms. The van der Waals surface area contributed by atoms with Crippen molar-refractivity contribution in [1.82, 2.24) is 4.90 Å². The predicted octanol–water partition coefficient (Wildman–Crippen LogP) is 3.72. The van der Waals surface area contributed by atoms with Crippen molar-refractivity contribution in [1.29, 1.82) is 0 Å². The summed E-state index contributed by atoms with van der Waals surface area (Å²) in [4.78, 5) is 30.7. The number of hydrogen-bond donors (Lipinski definition) is 0. The largest absolute Gasteiger partial charge is 0.465 e. The Morgan fingerprint density at radius 2 is 1.78 bits per heavy atom. The average Bonchev–Trinajstić information content (AvgIpc) is 2.97. The molecule has 1 amide bonds. The minimum absolute atomic E-state index is 0.115. The van der Waals surface area contributed by atoms with Crippen LogP contribution in [0.3, 0.4) is 0 Å². The molecule has 5 nitrogen and oxygen atoms in total. The van der Waals surface area contributed by atoms with Gasteiger partial charge in [-0.15, -0.1) is 0 Å². The van der Waals surface area contributed by atoms with E-state index in [2.05, 4.69) is 4.99 Å². The van der Waals surface area contributed by atoms with E-state index in [-0.39, 0.29) is 17.6 Å². The van der Waals surface area contributed by atoms with Gasteiger partial charge in [-0.2, -0.15) is 0 Å². The van der Waals surface area contributed by atoms with Gasteiger partial charge in [-0.3, -0.25) is 14.5 Å². The molecule has 1 aliphatic rings. The highest BCUT2D eigenvalue weighted by Crippen LogP contribution is 2.26. The van der Waals surface area contributed by atoms with E-state index in [1.165, 1.54) is 11.8 Å². The van der Waals surface area contributed by atoms with Gasteiger partial charge in [0.25, 0.3) is 5.91 Å². The van der Waals surface area contributed by atoms with Crippen molar-refractivity contribution in [2.45, 2.75) is 13.5 Å². The molecular weight excluding hydrogens is 360 g/mol. The van der Waals surface area contributed by atoms with E-state index in [1.807, 2.05) is 60.7 Å². The van der Waals surface area contributed by atoms with Gasteiger partial charge in [0, 0.05) is 0 Å². The smallest absolute Gasteiger partial charge is 0.316 e. The summed E-state index contributed by atoms with van der Waals surface area (Å²) < 4.78 is 4.97. The van der Waals surface area contributed by atoms with Gasteiger partial charge < -0.3 is 4.74 Å². The Morgan fingerprint density at radius 3 is 2.44 bits per heavy atom. The maximum absolute atomic E-state index is 12.9. The predicted molar refractivity (Wildman–Crippen MR) is 108 cm³/mol. The van der Waals surface area contributed by atoms with Crippen molar-refractivity contribution in [3.8, 4) is 0 Å². The van der Waals surface area contributed by atoms with Crippen LogP contribution in [0.1, 0.15) is 18.1 Å². The number of carbonyl (C=O) groups is 2. The third-order valence-electron chi connectivity index (χ3n) is 3.82. The number of hydrogen-bond acceptors (Lipinski definition) is 5. The molecular formula is C21H20N2O3S. The second kappa shape index (κ2) is 9.19. The molecule has 2 aromatic rings. The zero-order chi connectivity index (χ0) is 19.1. The van der Waals surface area contributed by atoms with E-state index >= 15 is 0 Å². The van der Waals surface area contributed by atoms with Gasteiger partial charge in [-0.25, -0.2) is 4.99 Å². The van der Waals surface area contributed by atoms with Crippen molar-refractivity contribution in [3.05, 3.63) is 77.5 Å². The first-order valence-electron chi connectivity index (χ1n) is 8.67. The molecule has 27 heavy (non-hydrogen) atoms. The summed E-state index contributed by atoms with van der Waals surface area (Å²) in [6, 6.07) is 19.3. The number of ether oxygens (including phenoxy) is 1. The van der Waals surface area contributed by atoms with Gasteiger partial charge in [0.1, 0.15) is 5.70 Å². The fraction of sp³-hybridized carbons (Fsp3) is 0.190. The van der Waals surface area contributed by atoms with E-state index in [0.717, 1.165) is 11.1 Å². The lowest BCUT2D eigenvalue weighted by Gasteiger charge is -2.17. The first-order valence-corrected chi connectivity index (χ1v) is 9.65. The highest BCUT2D eigenvalue weighted by Gasteiger charge is 2.31. The topological polar surface area (TPSA) is 59.0 Å². The minimum atomic E-state index is -0.321. The maximum Gasteiger partial charge on any atom is 0.316 e. The molecule has 0 fully saturated rings. The molecule has 0 saturated heterocycles. The number of amidine groups is 1. The van der Waals surface area contributed by atoms with E-state index in [4.69, 9.17) is 4.74 Å². The second-order valence-electron chi connectivity index (χ2n) is 5.81. The molecule has 3 rings (SSSR count). The Hall–Kier alpha value is -2.86. The Balaban J connectivity index is 1.83. The number of rotatable bonds is 6. The minimum Gasteiger partial charge on any atom is -0.465 e. The lowest BCUT2D eigenvalue weighted by atomic mass is 10.2. The Morgan fingerprint density at radius 1 is 1.11 bits per heavy atom. The molecule has 0 saturated carbocycles. The van der Waals surface area contributed by atoms with Crippen molar-refractivity contribution in [2.75, 3.05) is 12.4 Å². The molecule has 0 unspecified atom stereocenters. The summed E-state index contributed by atoms with van der Waals surface area (Å²) in [5.74, 6) is -0.379. The molecule has 0 atom stereocenters. The monoisotopic (exact) mass is 380 g/mol. The average molecular weight is 380 g/mol. The second-order valence-corrected chi connectivity index (χ2v) is 6.75. The molecule has 0 aliphatic carbocycles. The summed E-state index contributed by atoms with van der Waals surface area (Å²) in [6.45, 7) is 2.50. The van der Waals surface area contributed by atoms with Gasteiger partial charge in [-0.05, 0) is 24.1 Å². The van der Waals surface area contributed by atoms with Crippen LogP contribution in [-0.4, -0.2) is 34.3 Å². The van der Waals surface area contributed by atoms with Gasteiger partial charge >= 0.3 is 5.97 Å². The molecule has 0 aromatic heterocycles. The molecule has 0 spiro atoms. The summed E-state index contributed by atoms with van der Waals surface area (Å²) in [5.41, 5.74) is 2.26. The number of esters is 1. The number of nitrogens with zero attached hydrogens (tertiary/aromatic N) is 2. The standard InChI is InChI=1S/C21H20N2O3S/c1-2-26-19(24)15-27-21-22-18(13-16-9-5-3-6-10-16)20(25)23(21)14-17-11-7-4-8-12-17/h3-13H,2,14-15H2,1H3/b18-13-. The van der Waals surface area contributed by atoms with Gasteiger partial charge in [0.05, 0.1) is 18.9 Å². The highest BCUT2D eigenvalue weighted by molar-refractivity contribution is 8.14. The van der Waals surface area contributed by atoms with Crippen LogP contribution in [0.25, 0.3) is 6.08 Å². The van der Waals surface area contributed by atoms with Crippen molar-refractivity contribution < 1.29 is 14.3 Å². The number of benzene rings is 2. The van der Waals surface area contributed by atoms with Crippen molar-refractivity contribution in [2.24, 2.45) is 4.99 Å². The van der Waals surface area contributed by atoms with Crippen LogP contribution < -0.4 is 0 Å². The summed E-state index contributed by atoms with van der Waals surface area (Å²) in [5, 5.41) is 0.513. The van der Waals surface area contributed by atoms with Crippen LogP contribution in [0.2, 0.25) is 0 Å². The molecule has 0 radical (unpaired) electrons. The quantitative estimate of drug-likeness (QED) is 0.566. The number of carbonyl (C=O) groups excluding carboxylic acids is 2. The molecule has 6 heteroatoms. The lowest BCUT2D eigenvalue weighted by Crippen LogP contribution is -2.30. The SMILES string of the molecule is CCOC(=O)CSC1=N/C(=C\c2ccccc2)C(=O)N1Cc1ccccc1. The zero-order valence-corrected chi connectivity index (χ0v) is 15.8. The summed E-state index contributed by atoms with van der Waals surface area (Å²) in [6.07, 6.45) is 1.76. The molecule has 1 heterocycles. The van der Waals surface area contributed by atoms with Crippen LogP contribution in [0.5, 0.6) is 0 Å². The first-order chi connectivity index (χ1) is 13.2. The van der Waals surface area contributed by atoms with Gasteiger partial charge in [0.2, 0.25) is 0 Å².